The van der Waals surface area contributed by atoms with Crippen molar-refractivity contribution in [3.63, 3.8) is 0 Å². The predicted octanol–water partition coefficient (Wildman–Crippen LogP) is 5.21. The molecule has 0 heterocycles. The van der Waals surface area contributed by atoms with Crippen LogP contribution in [0.4, 0.5) is 0 Å². The third-order valence-corrected chi connectivity index (χ3v) is 10.2. The number of hydrogen-bond acceptors (Lipinski definition) is 2. The predicted molar refractivity (Wildman–Crippen MR) is 136 cm³/mol. The Kier molecular flexibility index (Phi) is 3.20. The van der Waals surface area contributed by atoms with Crippen LogP contribution in [0.3, 0.4) is 0 Å². The van der Waals surface area contributed by atoms with Crippen LogP contribution in [0.1, 0.15) is 76.6 Å². The molecule has 0 saturated heterocycles. The fourth-order valence-corrected chi connectivity index (χ4v) is 8.65. The highest BCUT2D eigenvalue weighted by Crippen LogP contribution is 2.55. The second kappa shape index (κ2) is 5.66. The monoisotopic (exact) mass is 432 g/mol. The van der Waals surface area contributed by atoms with E-state index in [2.05, 4.69) is 13.8 Å². The molecule has 0 bridgehead atoms. The van der Waals surface area contributed by atoms with E-state index in [-0.39, 0.29) is 10.9 Å². The zero-order valence-electron chi connectivity index (χ0n) is 19.9. The lowest BCUT2D eigenvalue weighted by Crippen LogP contribution is -2.34. The van der Waals surface area contributed by atoms with E-state index in [9.17, 15) is 9.59 Å². The number of aryl methyl sites for hydroxylation is 2. The molecule has 4 aliphatic carbocycles. The van der Waals surface area contributed by atoms with Gasteiger partial charge in [0.1, 0.15) is 0 Å². The van der Waals surface area contributed by atoms with Gasteiger partial charge in [-0.1, -0.05) is 12.5 Å². The van der Waals surface area contributed by atoms with Crippen molar-refractivity contribution in [3.05, 3.63) is 70.2 Å². The van der Waals surface area contributed by atoms with Crippen molar-refractivity contribution < 1.29 is 0 Å². The zero-order chi connectivity index (χ0) is 22.5. The first kappa shape index (κ1) is 18.7. The van der Waals surface area contributed by atoms with Crippen LogP contribution in [0.15, 0.2) is 9.59 Å². The van der Waals surface area contributed by atoms with Crippen molar-refractivity contribution in [2.75, 3.05) is 0 Å². The van der Waals surface area contributed by atoms with Crippen LogP contribution in [0.2, 0.25) is 0 Å². The molecule has 2 unspecified atom stereocenters. The molecule has 8 rings (SSSR count). The molecule has 2 heteroatoms. The van der Waals surface area contributed by atoms with Gasteiger partial charge in [0.25, 0.3) is 0 Å². The molecule has 0 radical (unpaired) electrons. The lowest BCUT2D eigenvalue weighted by Gasteiger charge is -2.34. The van der Waals surface area contributed by atoms with E-state index in [0.717, 1.165) is 72.2 Å². The molecule has 4 aromatic rings. The Morgan fingerprint density at radius 2 is 1.21 bits per heavy atom. The fourth-order valence-electron chi connectivity index (χ4n) is 8.65. The summed E-state index contributed by atoms with van der Waals surface area (Å²) in [7, 11) is 0. The summed E-state index contributed by atoms with van der Waals surface area (Å²) < 4.78 is 0. The van der Waals surface area contributed by atoms with Gasteiger partial charge < -0.3 is 0 Å². The topological polar surface area (TPSA) is 34.1 Å². The minimum atomic E-state index is 0.114. The Bertz CT molecular complexity index is 1820. The zero-order valence-corrected chi connectivity index (χ0v) is 19.9. The maximum atomic E-state index is 14.0. The van der Waals surface area contributed by atoms with Crippen LogP contribution in [-0.2, 0) is 25.7 Å². The van der Waals surface area contributed by atoms with Crippen LogP contribution in [0, 0.1) is 26.7 Å². The number of hydrogen-bond donors (Lipinski definition) is 0. The fraction of sp³-hybridized carbons (Fsp3) is 0.419. The molecule has 33 heavy (non-hydrogen) atoms. The Morgan fingerprint density at radius 3 is 1.97 bits per heavy atom. The first-order chi connectivity index (χ1) is 15.9. The largest absolute Gasteiger partial charge is 0.289 e. The van der Waals surface area contributed by atoms with Gasteiger partial charge in [0, 0.05) is 27.3 Å². The third-order valence-electron chi connectivity index (χ3n) is 10.2. The molecule has 0 spiro atoms. The lowest BCUT2D eigenvalue weighted by atomic mass is 9.69. The van der Waals surface area contributed by atoms with Crippen molar-refractivity contribution >= 4 is 37.9 Å². The van der Waals surface area contributed by atoms with Crippen molar-refractivity contribution in [1.82, 2.24) is 0 Å². The molecular formula is C31H28O2. The van der Waals surface area contributed by atoms with Crippen molar-refractivity contribution in [1.29, 1.82) is 0 Å². The summed E-state index contributed by atoms with van der Waals surface area (Å²) in [5.74, 6) is 0.949. The molecular weight excluding hydrogens is 404 g/mol. The Labute approximate surface area is 192 Å². The smallest absolute Gasteiger partial charge is 0.190 e. The van der Waals surface area contributed by atoms with Gasteiger partial charge in [0.15, 0.2) is 10.9 Å². The number of benzene rings is 4. The number of fused-ring (bicyclic) bond motifs is 1. The summed E-state index contributed by atoms with van der Waals surface area (Å²) in [5, 5.41) is 7.91. The molecule has 0 aromatic heterocycles. The maximum Gasteiger partial charge on any atom is 0.190 e. The Hall–Kier alpha value is -2.74. The maximum absolute atomic E-state index is 14.0. The average molecular weight is 433 g/mol. The second-order valence-corrected chi connectivity index (χ2v) is 11.3. The second-order valence-electron chi connectivity index (χ2n) is 11.3. The van der Waals surface area contributed by atoms with Crippen LogP contribution in [0.5, 0.6) is 0 Å². The molecule has 2 atom stereocenters. The van der Waals surface area contributed by atoms with Gasteiger partial charge in [0.05, 0.1) is 0 Å². The molecule has 0 amide bonds. The van der Waals surface area contributed by atoms with Gasteiger partial charge in [-0.3, -0.25) is 9.59 Å². The van der Waals surface area contributed by atoms with Gasteiger partial charge in [-0.25, -0.2) is 0 Å². The summed E-state index contributed by atoms with van der Waals surface area (Å²) in [6.45, 7) is 8.78. The Balaban J connectivity index is 1.85. The van der Waals surface area contributed by atoms with Crippen molar-refractivity contribution in [3.8, 4) is 0 Å². The highest BCUT2D eigenvalue weighted by Gasteiger charge is 2.41. The van der Waals surface area contributed by atoms with Gasteiger partial charge in [0.2, 0.25) is 0 Å². The Morgan fingerprint density at radius 1 is 0.606 bits per heavy atom. The molecule has 4 aromatic carbocycles. The van der Waals surface area contributed by atoms with Gasteiger partial charge >= 0.3 is 0 Å². The first-order valence-corrected chi connectivity index (χ1v) is 12.8. The normalized spacial score (nSPS) is 22.5. The van der Waals surface area contributed by atoms with Crippen LogP contribution >= 0.6 is 0 Å². The standard InChI is InChI=1S/C31H28O2/c1-12-16-7-5-9-18-14(3)30(32)28-26(22(16)18)24-20(12)11-21-13(2)17-8-6-10-19-15(4)31(33)29(28)27(23(17)19)25(21)24/h12,20H,5-11H2,1-4H3. The molecule has 0 aliphatic heterocycles. The molecule has 0 fully saturated rings. The molecule has 0 N–H and O–H groups in total. The van der Waals surface area contributed by atoms with E-state index < -0.39 is 0 Å². The molecule has 4 aliphatic rings. The van der Waals surface area contributed by atoms with Crippen molar-refractivity contribution in [2.24, 2.45) is 5.92 Å². The van der Waals surface area contributed by atoms with Crippen LogP contribution in [-0.4, -0.2) is 0 Å². The summed E-state index contributed by atoms with van der Waals surface area (Å²) in [6, 6.07) is 0. The summed E-state index contributed by atoms with van der Waals surface area (Å²) in [6.07, 6.45) is 7.52. The average Bonchev–Trinajstić information content (AvgIpc) is 3.23. The summed E-state index contributed by atoms with van der Waals surface area (Å²) in [4.78, 5) is 28.1. The van der Waals surface area contributed by atoms with Crippen LogP contribution in [0.25, 0.3) is 37.9 Å². The molecule has 164 valence electrons. The van der Waals surface area contributed by atoms with E-state index >= 15 is 0 Å². The van der Waals surface area contributed by atoms with Gasteiger partial charge in [-0.15, -0.1) is 0 Å². The highest BCUT2D eigenvalue weighted by atomic mass is 16.1. The SMILES string of the molecule is Cc1c2c3c(c(C)c(=O)c4c5c(=O)c(C)c6c7c5c5c(c1CC5C(C)C=7CCC6)c34)CCC2. The van der Waals surface area contributed by atoms with Crippen molar-refractivity contribution in [2.45, 2.75) is 78.6 Å². The first-order valence-electron chi connectivity index (χ1n) is 12.8. The summed E-state index contributed by atoms with van der Waals surface area (Å²) in [5.41, 5.74) is 11.9. The summed E-state index contributed by atoms with van der Waals surface area (Å²) >= 11 is 0. The van der Waals surface area contributed by atoms with E-state index in [4.69, 9.17) is 0 Å². The minimum Gasteiger partial charge on any atom is -0.289 e. The van der Waals surface area contributed by atoms with E-state index in [0.29, 0.717) is 11.8 Å². The van der Waals surface area contributed by atoms with Gasteiger partial charge in [-0.05, 0) is 132 Å². The van der Waals surface area contributed by atoms with E-state index in [1.807, 2.05) is 13.8 Å². The molecule has 0 saturated carbocycles. The molecule has 2 nitrogen and oxygen atoms in total. The van der Waals surface area contributed by atoms with E-state index in [1.54, 1.807) is 5.57 Å². The van der Waals surface area contributed by atoms with Gasteiger partial charge in [-0.2, -0.15) is 0 Å². The lowest BCUT2D eigenvalue weighted by molar-refractivity contribution is 0.546. The highest BCUT2D eigenvalue weighted by molar-refractivity contribution is 6.27. The van der Waals surface area contributed by atoms with E-state index in [1.165, 1.54) is 54.8 Å². The number of rotatable bonds is 0. The minimum absolute atomic E-state index is 0.114. The quantitative estimate of drug-likeness (QED) is 0.282. The third kappa shape index (κ3) is 1.82. The van der Waals surface area contributed by atoms with Crippen LogP contribution < -0.4 is 16.1 Å².